The molecule has 3 rings (SSSR count). The van der Waals surface area contributed by atoms with Crippen LogP contribution in [0.2, 0.25) is 10.0 Å². The molecule has 2 N–H and O–H groups in total. The summed E-state index contributed by atoms with van der Waals surface area (Å²) in [5.41, 5.74) is 2.06. The van der Waals surface area contributed by atoms with Crippen LogP contribution in [0.1, 0.15) is 20.7 Å². The smallest absolute Gasteiger partial charge is 0.255 e. The maximum Gasteiger partial charge on any atom is 0.255 e. The van der Waals surface area contributed by atoms with Crippen LogP contribution < -0.4 is 10.6 Å². The van der Waals surface area contributed by atoms with Crippen LogP contribution in [0.25, 0.3) is 0 Å². The van der Waals surface area contributed by atoms with Crippen molar-refractivity contribution in [3.8, 4) is 0 Å². The summed E-state index contributed by atoms with van der Waals surface area (Å²) in [6, 6.07) is 20.4. The van der Waals surface area contributed by atoms with Crippen LogP contribution in [0.4, 0.5) is 11.4 Å². The van der Waals surface area contributed by atoms with E-state index in [0.29, 0.717) is 32.5 Å². The molecule has 0 spiro atoms. The minimum atomic E-state index is -0.324. The van der Waals surface area contributed by atoms with E-state index in [1.807, 2.05) is 6.07 Å². The highest BCUT2D eigenvalue weighted by Crippen LogP contribution is 2.23. The highest BCUT2D eigenvalue weighted by molar-refractivity contribution is 6.42. The average molecular weight is 385 g/mol. The molecule has 3 aromatic carbocycles. The summed E-state index contributed by atoms with van der Waals surface area (Å²) >= 11 is 11.8. The molecule has 0 aliphatic rings. The summed E-state index contributed by atoms with van der Waals surface area (Å²) in [5.74, 6) is -0.548. The Bertz CT molecular complexity index is 959. The van der Waals surface area contributed by atoms with Crippen molar-refractivity contribution in [2.24, 2.45) is 0 Å². The third kappa shape index (κ3) is 4.42. The molecule has 0 radical (unpaired) electrons. The summed E-state index contributed by atoms with van der Waals surface area (Å²) < 4.78 is 0. The van der Waals surface area contributed by atoms with Crippen LogP contribution in [-0.2, 0) is 0 Å². The maximum absolute atomic E-state index is 12.3. The normalized spacial score (nSPS) is 10.2. The minimum Gasteiger partial charge on any atom is -0.322 e. The molecule has 2 amide bonds. The predicted octanol–water partition coefficient (Wildman–Crippen LogP) is 5.50. The number of hydrogen-bond acceptors (Lipinski definition) is 2. The predicted molar refractivity (Wildman–Crippen MR) is 105 cm³/mol. The summed E-state index contributed by atoms with van der Waals surface area (Å²) in [7, 11) is 0. The molecular weight excluding hydrogens is 371 g/mol. The molecule has 0 bridgehead atoms. The Balaban J connectivity index is 1.72. The molecule has 6 heteroatoms. The van der Waals surface area contributed by atoms with Crippen molar-refractivity contribution >= 4 is 46.4 Å². The van der Waals surface area contributed by atoms with Gasteiger partial charge in [0.25, 0.3) is 11.8 Å². The van der Waals surface area contributed by atoms with Crippen molar-refractivity contribution in [1.82, 2.24) is 0 Å². The van der Waals surface area contributed by atoms with Crippen LogP contribution in [0.3, 0.4) is 0 Å². The Morgan fingerprint density at radius 1 is 0.615 bits per heavy atom. The van der Waals surface area contributed by atoms with E-state index in [-0.39, 0.29) is 11.8 Å². The summed E-state index contributed by atoms with van der Waals surface area (Å²) in [5, 5.41) is 6.26. The van der Waals surface area contributed by atoms with Crippen molar-refractivity contribution in [1.29, 1.82) is 0 Å². The molecule has 3 aromatic rings. The van der Waals surface area contributed by atoms with Gasteiger partial charge in [-0.3, -0.25) is 9.59 Å². The molecule has 0 aliphatic heterocycles. The van der Waals surface area contributed by atoms with E-state index in [1.165, 1.54) is 6.07 Å². The van der Waals surface area contributed by atoms with Gasteiger partial charge in [0.15, 0.2) is 0 Å². The second-order valence-corrected chi connectivity index (χ2v) is 6.30. The van der Waals surface area contributed by atoms with Gasteiger partial charge in [-0.15, -0.1) is 0 Å². The Kier molecular flexibility index (Phi) is 5.56. The van der Waals surface area contributed by atoms with Crippen molar-refractivity contribution in [2.45, 2.75) is 0 Å². The largest absolute Gasteiger partial charge is 0.322 e. The molecule has 0 atom stereocenters. The average Bonchev–Trinajstić information content (AvgIpc) is 2.65. The highest BCUT2D eigenvalue weighted by Gasteiger charge is 2.10. The van der Waals surface area contributed by atoms with Crippen LogP contribution in [0.15, 0.2) is 72.8 Å². The van der Waals surface area contributed by atoms with Gasteiger partial charge in [-0.2, -0.15) is 0 Å². The van der Waals surface area contributed by atoms with E-state index < -0.39 is 0 Å². The van der Waals surface area contributed by atoms with Crippen LogP contribution in [-0.4, -0.2) is 11.8 Å². The standard InChI is InChI=1S/C20H14Cl2N2O2/c21-17-10-9-14(11-18(17)22)20(26)24-16-8-4-7-15(12-16)23-19(25)13-5-2-1-3-6-13/h1-12H,(H,23,25)(H,24,26). The first-order chi connectivity index (χ1) is 12.5. The number of rotatable bonds is 4. The number of amides is 2. The van der Waals surface area contributed by atoms with Crippen LogP contribution in [0.5, 0.6) is 0 Å². The quantitative estimate of drug-likeness (QED) is 0.623. The molecule has 130 valence electrons. The van der Waals surface area contributed by atoms with E-state index in [1.54, 1.807) is 60.7 Å². The molecule has 0 aliphatic carbocycles. The monoisotopic (exact) mass is 384 g/mol. The number of hydrogen-bond donors (Lipinski definition) is 2. The molecule has 0 aromatic heterocycles. The van der Waals surface area contributed by atoms with Crippen molar-refractivity contribution in [3.63, 3.8) is 0 Å². The fraction of sp³-hybridized carbons (Fsp3) is 0. The number of nitrogens with one attached hydrogen (secondary N) is 2. The van der Waals surface area contributed by atoms with Gasteiger partial charge in [-0.05, 0) is 48.5 Å². The second-order valence-electron chi connectivity index (χ2n) is 5.48. The van der Waals surface area contributed by atoms with Crippen molar-refractivity contribution in [3.05, 3.63) is 94.0 Å². The molecule has 26 heavy (non-hydrogen) atoms. The number of halogens is 2. The van der Waals surface area contributed by atoms with E-state index >= 15 is 0 Å². The van der Waals surface area contributed by atoms with Crippen molar-refractivity contribution in [2.75, 3.05) is 10.6 Å². The molecular formula is C20H14Cl2N2O2. The van der Waals surface area contributed by atoms with E-state index in [9.17, 15) is 9.59 Å². The van der Waals surface area contributed by atoms with E-state index in [0.717, 1.165) is 0 Å². The Morgan fingerprint density at radius 3 is 1.85 bits per heavy atom. The third-order valence-electron chi connectivity index (χ3n) is 3.60. The molecule has 0 saturated carbocycles. The molecule has 0 heterocycles. The summed E-state index contributed by atoms with van der Waals surface area (Å²) in [6.45, 7) is 0. The van der Waals surface area contributed by atoms with Gasteiger partial charge in [0.1, 0.15) is 0 Å². The Morgan fingerprint density at radius 2 is 1.23 bits per heavy atom. The fourth-order valence-corrected chi connectivity index (χ4v) is 2.61. The zero-order chi connectivity index (χ0) is 18.5. The minimum absolute atomic E-state index is 0.224. The highest BCUT2D eigenvalue weighted by atomic mass is 35.5. The van der Waals surface area contributed by atoms with E-state index in [2.05, 4.69) is 10.6 Å². The first kappa shape index (κ1) is 18.0. The SMILES string of the molecule is O=C(Nc1cccc(NC(=O)c2ccc(Cl)c(Cl)c2)c1)c1ccccc1. The topological polar surface area (TPSA) is 58.2 Å². The Labute approximate surface area is 160 Å². The lowest BCUT2D eigenvalue weighted by atomic mass is 10.2. The fourth-order valence-electron chi connectivity index (χ4n) is 2.31. The van der Waals surface area contributed by atoms with Gasteiger partial charge in [0.2, 0.25) is 0 Å². The van der Waals surface area contributed by atoms with Crippen LogP contribution in [0, 0.1) is 0 Å². The maximum atomic E-state index is 12.3. The van der Waals surface area contributed by atoms with Gasteiger partial charge >= 0.3 is 0 Å². The van der Waals surface area contributed by atoms with E-state index in [4.69, 9.17) is 23.2 Å². The van der Waals surface area contributed by atoms with Crippen LogP contribution >= 0.6 is 23.2 Å². The lowest BCUT2D eigenvalue weighted by Gasteiger charge is -2.09. The number of benzene rings is 3. The molecule has 4 nitrogen and oxygen atoms in total. The second kappa shape index (κ2) is 8.04. The summed E-state index contributed by atoms with van der Waals surface area (Å²) in [4.78, 5) is 24.5. The third-order valence-corrected chi connectivity index (χ3v) is 4.34. The van der Waals surface area contributed by atoms with Crippen molar-refractivity contribution < 1.29 is 9.59 Å². The van der Waals surface area contributed by atoms with Gasteiger partial charge in [-0.25, -0.2) is 0 Å². The van der Waals surface area contributed by atoms with Gasteiger partial charge in [0.05, 0.1) is 10.0 Å². The zero-order valence-electron chi connectivity index (χ0n) is 13.5. The van der Waals surface area contributed by atoms with Gasteiger partial charge in [-0.1, -0.05) is 47.5 Å². The zero-order valence-corrected chi connectivity index (χ0v) is 15.0. The Hall–Kier alpha value is -2.82. The number of carbonyl (C=O) groups excluding carboxylic acids is 2. The first-order valence-electron chi connectivity index (χ1n) is 7.76. The number of carbonyl (C=O) groups is 2. The molecule has 0 fully saturated rings. The molecule has 0 saturated heterocycles. The van der Waals surface area contributed by atoms with Gasteiger partial charge in [0, 0.05) is 22.5 Å². The summed E-state index contributed by atoms with van der Waals surface area (Å²) in [6.07, 6.45) is 0. The number of anilines is 2. The lowest BCUT2D eigenvalue weighted by molar-refractivity contribution is 0.101. The molecule has 0 unspecified atom stereocenters. The van der Waals surface area contributed by atoms with Gasteiger partial charge < -0.3 is 10.6 Å². The first-order valence-corrected chi connectivity index (χ1v) is 8.51. The lowest BCUT2D eigenvalue weighted by Crippen LogP contribution is -2.14.